The average Bonchev–Trinajstić information content (AvgIpc) is 2.65. The SMILES string of the molecule is C=CCc1ccc(OP(=O)(CCCC)Oc2ccc(CC=C)cc2F)c(F)c1. The quantitative estimate of drug-likeness (QED) is 0.302. The van der Waals surface area contributed by atoms with E-state index in [0.29, 0.717) is 30.4 Å². The van der Waals surface area contributed by atoms with Crippen LogP contribution in [0.5, 0.6) is 11.5 Å². The van der Waals surface area contributed by atoms with E-state index in [1.807, 2.05) is 6.92 Å². The molecule has 0 fully saturated rings. The minimum atomic E-state index is -3.81. The zero-order valence-corrected chi connectivity index (χ0v) is 16.9. The fourth-order valence-corrected chi connectivity index (χ4v) is 4.40. The van der Waals surface area contributed by atoms with E-state index in [4.69, 9.17) is 9.05 Å². The summed E-state index contributed by atoms with van der Waals surface area (Å²) in [5.41, 5.74) is 1.43. The van der Waals surface area contributed by atoms with Crippen molar-refractivity contribution in [1.82, 2.24) is 0 Å². The van der Waals surface area contributed by atoms with Crippen LogP contribution in [0.1, 0.15) is 30.9 Å². The molecule has 150 valence electrons. The van der Waals surface area contributed by atoms with Crippen molar-refractivity contribution in [2.45, 2.75) is 32.6 Å². The molecule has 0 unspecified atom stereocenters. The Bertz CT molecular complexity index is 815. The summed E-state index contributed by atoms with van der Waals surface area (Å²) >= 11 is 0. The van der Waals surface area contributed by atoms with Crippen LogP contribution in [0.2, 0.25) is 0 Å². The highest BCUT2D eigenvalue weighted by molar-refractivity contribution is 7.54. The van der Waals surface area contributed by atoms with Crippen molar-refractivity contribution < 1.29 is 22.4 Å². The van der Waals surface area contributed by atoms with Gasteiger partial charge in [-0.05, 0) is 54.7 Å². The molecule has 0 amide bonds. The third-order valence-corrected chi connectivity index (χ3v) is 5.83. The molecule has 0 radical (unpaired) electrons. The number of halogens is 2. The van der Waals surface area contributed by atoms with Crippen molar-refractivity contribution in [1.29, 1.82) is 0 Å². The second kappa shape index (κ2) is 10.2. The van der Waals surface area contributed by atoms with Gasteiger partial charge in [0.05, 0.1) is 6.16 Å². The van der Waals surface area contributed by atoms with Crippen LogP contribution in [0.4, 0.5) is 8.78 Å². The van der Waals surface area contributed by atoms with Gasteiger partial charge in [-0.3, -0.25) is 0 Å². The molecule has 2 aromatic carbocycles. The molecule has 0 aliphatic heterocycles. The van der Waals surface area contributed by atoms with E-state index in [-0.39, 0.29) is 17.7 Å². The van der Waals surface area contributed by atoms with Gasteiger partial charge in [-0.15, -0.1) is 13.2 Å². The summed E-state index contributed by atoms with van der Waals surface area (Å²) in [6, 6.07) is 8.72. The maximum atomic E-state index is 14.4. The van der Waals surface area contributed by atoms with E-state index in [0.717, 1.165) is 6.42 Å². The smallest absolute Gasteiger partial charge is 0.413 e. The molecule has 0 aliphatic carbocycles. The summed E-state index contributed by atoms with van der Waals surface area (Å²) in [6.45, 7) is 9.15. The Morgan fingerprint density at radius 3 is 1.75 bits per heavy atom. The van der Waals surface area contributed by atoms with E-state index >= 15 is 0 Å². The van der Waals surface area contributed by atoms with Crippen LogP contribution in [0.25, 0.3) is 0 Å². The minimum absolute atomic E-state index is 0.0468. The Balaban J connectivity index is 2.27. The molecule has 0 aliphatic rings. The van der Waals surface area contributed by atoms with Gasteiger partial charge < -0.3 is 9.05 Å². The Morgan fingerprint density at radius 1 is 0.929 bits per heavy atom. The summed E-state index contributed by atoms with van der Waals surface area (Å²) < 4.78 is 52.9. The minimum Gasteiger partial charge on any atom is -0.413 e. The first-order valence-corrected chi connectivity index (χ1v) is 10.9. The van der Waals surface area contributed by atoms with Gasteiger partial charge in [0.25, 0.3) is 0 Å². The summed E-state index contributed by atoms with van der Waals surface area (Å²) in [5, 5.41) is 0. The third kappa shape index (κ3) is 6.07. The molecule has 0 aromatic heterocycles. The van der Waals surface area contributed by atoms with Crippen molar-refractivity contribution >= 4 is 7.60 Å². The summed E-state index contributed by atoms with van der Waals surface area (Å²) in [4.78, 5) is 0. The largest absolute Gasteiger partial charge is 0.430 e. The summed E-state index contributed by atoms with van der Waals surface area (Å²) in [5.74, 6) is -1.67. The average molecular weight is 406 g/mol. The highest BCUT2D eigenvalue weighted by atomic mass is 31.2. The van der Waals surface area contributed by atoms with Gasteiger partial charge in [-0.1, -0.05) is 37.6 Å². The first-order chi connectivity index (χ1) is 13.4. The molecule has 0 heterocycles. The molecule has 3 nitrogen and oxygen atoms in total. The summed E-state index contributed by atoms with van der Waals surface area (Å²) in [7, 11) is -3.81. The van der Waals surface area contributed by atoms with E-state index in [1.54, 1.807) is 24.3 Å². The second-order valence-corrected chi connectivity index (χ2v) is 8.42. The van der Waals surface area contributed by atoms with Gasteiger partial charge in [0.2, 0.25) is 0 Å². The molecule has 2 rings (SSSR count). The monoisotopic (exact) mass is 406 g/mol. The summed E-state index contributed by atoms with van der Waals surface area (Å²) in [6.07, 6.45) is 5.63. The molecule has 2 aromatic rings. The Morgan fingerprint density at radius 2 is 1.39 bits per heavy atom. The standard InChI is InChI=1S/C22H25F2O3P/c1-4-7-14-28(25,26-21-12-10-17(8-5-2)15-19(21)23)27-22-13-11-18(9-6-3)16-20(22)24/h5-6,10-13,15-16H,2-4,7-9,14H2,1H3. The van der Waals surface area contributed by atoms with Gasteiger partial charge in [-0.25, -0.2) is 13.3 Å². The molecular weight excluding hydrogens is 381 g/mol. The first kappa shape index (κ1) is 21.9. The van der Waals surface area contributed by atoms with Crippen molar-refractivity contribution in [3.8, 4) is 11.5 Å². The lowest BCUT2D eigenvalue weighted by Gasteiger charge is -2.21. The van der Waals surface area contributed by atoms with Gasteiger partial charge in [0.1, 0.15) is 0 Å². The van der Waals surface area contributed by atoms with Crippen LogP contribution in [0.3, 0.4) is 0 Å². The van der Waals surface area contributed by atoms with Crippen LogP contribution >= 0.6 is 7.60 Å². The molecule has 0 bridgehead atoms. The number of allylic oxidation sites excluding steroid dienone is 2. The van der Waals surface area contributed by atoms with E-state index in [9.17, 15) is 13.3 Å². The number of benzene rings is 2. The zero-order valence-electron chi connectivity index (χ0n) is 16.0. The maximum absolute atomic E-state index is 14.4. The lowest BCUT2D eigenvalue weighted by molar-refractivity contribution is 0.365. The van der Waals surface area contributed by atoms with E-state index < -0.39 is 19.2 Å². The number of hydrogen-bond acceptors (Lipinski definition) is 3. The number of hydrogen-bond donors (Lipinski definition) is 0. The molecule has 6 heteroatoms. The van der Waals surface area contributed by atoms with Crippen LogP contribution in [-0.4, -0.2) is 6.16 Å². The fraction of sp³-hybridized carbons (Fsp3) is 0.273. The van der Waals surface area contributed by atoms with Gasteiger partial charge in [0.15, 0.2) is 23.1 Å². The third-order valence-electron chi connectivity index (χ3n) is 4.01. The molecule has 0 spiro atoms. The van der Waals surface area contributed by atoms with E-state index in [1.165, 1.54) is 24.3 Å². The van der Waals surface area contributed by atoms with Crippen LogP contribution in [0.15, 0.2) is 61.7 Å². The lowest BCUT2D eigenvalue weighted by atomic mass is 10.1. The highest BCUT2D eigenvalue weighted by Gasteiger charge is 2.30. The predicted octanol–water partition coefficient (Wildman–Crippen LogP) is 6.87. The Kier molecular flexibility index (Phi) is 8.01. The van der Waals surface area contributed by atoms with Crippen LogP contribution < -0.4 is 9.05 Å². The molecule has 28 heavy (non-hydrogen) atoms. The van der Waals surface area contributed by atoms with E-state index in [2.05, 4.69) is 13.2 Å². The first-order valence-electron chi connectivity index (χ1n) is 9.17. The Hall–Kier alpha value is -2.39. The van der Waals surface area contributed by atoms with Crippen LogP contribution in [0, 0.1) is 11.6 Å². The molecule has 0 saturated heterocycles. The molecular formula is C22H25F2O3P. The molecule has 0 atom stereocenters. The van der Waals surface area contributed by atoms with Crippen molar-refractivity contribution in [3.63, 3.8) is 0 Å². The normalized spacial score (nSPS) is 11.1. The topological polar surface area (TPSA) is 35.5 Å². The van der Waals surface area contributed by atoms with Gasteiger partial charge in [0, 0.05) is 0 Å². The Labute approximate surface area is 165 Å². The van der Waals surface area contributed by atoms with Gasteiger partial charge >= 0.3 is 7.60 Å². The molecule has 0 saturated carbocycles. The number of rotatable bonds is 11. The lowest BCUT2D eigenvalue weighted by Crippen LogP contribution is -2.07. The molecule has 0 N–H and O–H groups in total. The maximum Gasteiger partial charge on any atom is 0.430 e. The fourth-order valence-electron chi connectivity index (χ4n) is 2.59. The van der Waals surface area contributed by atoms with Crippen molar-refractivity contribution in [2.75, 3.05) is 6.16 Å². The van der Waals surface area contributed by atoms with Gasteiger partial charge in [-0.2, -0.15) is 0 Å². The number of unbranched alkanes of at least 4 members (excludes halogenated alkanes) is 1. The zero-order chi connectivity index (χ0) is 20.6. The van der Waals surface area contributed by atoms with Crippen molar-refractivity contribution in [3.05, 3.63) is 84.5 Å². The predicted molar refractivity (Wildman–Crippen MR) is 109 cm³/mol. The van der Waals surface area contributed by atoms with Crippen LogP contribution in [-0.2, 0) is 17.4 Å². The van der Waals surface area contributed by atoms with Crippen molar-refractivity contribution in [2.24, 2.45) is 0 Å². The highest BCUT2D eigenvalue weighted by Crippen LogP contribution is 2.50. The second-order valence-electron chi connectivity index (χ2n) is 6.39.